The van der Waals surface area contributed by atoms with Gasteiger partial charge < -0.3 is 25.8 Å². The molecule has 8 heteroatoms. The van der Waals surface area contributed by atoms with E-state index in [1.807, 2.05) is 18.2 Å². The second-order valence-electron chi connectivity index (χ2n) is 5.62. The fourth-order valence-electron chi connectivity index (χ4n) is 2.33. The standard InChI is InChI=1S/C16H23N3O4.ClH/c1-11(16(22)18-8-12-7-17-9-14(12)20)19-15(21)10-23-13-5-3-2-4-6-13;/h2-6,11-12,14,17,20H,7-10H2,1H3,(H,18,22)(H,19,21);1H. The van der Waals surface area contributed by atoms with E-state index in [0.717, 1.165) is 0 Å². The van der Waals surface area contributed by atoms with E-state index in [9.17, 15) is 14.7 Å². The van der Waals surface area contributed by atoms with Crippen LogP contribution in [0.2, 0.25) is 0 Å². The van der Waals surface area contributed by atoms with Crippen molar-refractivity contribution in [2.75, 3.05) is 26.2 Å². The van der Waals surface area contributed by atoms with Crippen LogP contribution in [0.5, 0.6) is 5.75 Å². The maximum absolute atomic E-state index is 11.9. The minimum atomic E-state index is -0.659. The summed E-state index contributed by atoms with van der Waals surface area (Å²) in [5.41, 5.74) is 0. The first-order valence-electron chi connectivity index (χ1n) is 7.70. The third-order valence-corrected chi connectivity index (χ3v) is 3.73. The molecule has 0 saturated carbocycles. The molecule has 0 aliphatic carbocycles. The monoisotopic (exact) mass is 357 g/mol. The van der Waals surface area contributed by atoms with Gasteiger partial charge >= 0.3 is 0 Å². The van der Waals surface area contributed by atoms with Gasteiger partial charge in [-0.3, -0.25) is 9.59 Å². The maximum atomic E-state index is 11.9. The van der Waals surface area contributed by atoms with Gasteiger partial charge in [-0.05, 0) is 19.1 Å². The molecule has 0 aromatic heterocycles. The Hall–Kier alpha value is -1.83. The highest BCUT2D eigenvalue weighted by molar-refractivity contribution is 5.87. The van der Waals surface area contributed by atoms with Crippen LogP contribution < -0.4 is 20.7 Å². The van der Waals surface area contributed by atoms with Gasteiger partial charge in [0.05, 0.1) is 6.10 Å². The number of aliphatic hydroxyl groups is 1. The number of β-amino-alcohol motifs (C(OH)–C–C–N with tert-alkyl or cyclic N) is 1. The van der Waals surface area contributed by atoms with E-state index in [4.69, 9.17) is 4.74 Å². The fraction of sp³-hybridized carbons (Fsp3) is 0.500. The molecule has 2 amide bonds. The molecule has 1 heterocycles. The van der Waals surface area contributed by atoms with E-state index in [-0.39, 0.29) is 36.7 Å². The Bertz CT molecular complexity index is 529. The topological polar surface area (TPSA) is 99.7 Å². The van der Waals surface area contributed by atoms with E-state index in [1.165, 1.54) is 0 Å². The normalized spacial score (nSPS) is 20.6. The number of ether oxygens (including phenoxy) is 1. The van der Waals surface area contributed by atoms with Crippen LogP contribution in [0, 0.1) is 5.92 Å². The van der Waals surface area contributed by atoms with Gasteiger partial charge in [-0.15, -0.1) is 12.4 Å². The maximum Gasteiger partial charge on any atom is 0.258 e. The second kappa shape index (κ2) is 10.1. The molecule has 3 unspecified atom stereocenters. The van der Waals surface area contributed by atoms with E-state index in [0.29, 0.717) is 25.4 Å². The number of hydrogen-bond acceptors (Lipinski definition) is 5. The third kappa shape index (κ3) is 6.35. The van der Waals surface area contributed by atoms with Crippen LogP contribution in [0.1, 0.15) is 6.92 Å². The lowest BCUT2D eigenvalue weighted by atomic mass is 10.1. The number of halogens is 1. The molecule has 1 aromatic carbocycles. The average Bonchev–Trinajstić information content (AvgIpc) is 2.96. The van der Waals surface area contributed by atoms with Crippen LogP contribution in [0.25, 0.3) is 0 Å². The van der Waals surface area contributed by atoms with Gasteiger partial charge in [0.2, 0.25) is 5.91 Å². The van der Waals surface area contributed by atoms with Crippen molar-refractivity contribution in [3.05, 3.63) is 30.3 Å². The van der Waals surface area contributed by atoms with Crippen LogP contribution >= 0.6 is 12.4 Å². The number of hydrogen-bond donors (Lipinski definition) is 4. The molecule has 2 rings (SSSR count). The molecular weight excluding hydrogens is 334 g/mol. The van der Waals surface area contributed by atoms with Crippen molar-refractivity contribution in [2.45, 2.75) is 19.1 Å². The molecule has 1 saturated heterocycles. The van der Waals surface area contributed by atoms with Crippen molar-refractivity contribution in [1.29, 1.82) is 0 Å². The lowest BCUT2D eigenvalue weighted by Gasteiger charge is -2.18. The SMILES string of the molecule is CC(NC(=O)COc1ccccc1)C(=O)NCC1CNCC1O.Cl. The molecule has 1 aliphatic heterocycles. The number of rotatable bonds is 7. The van der Waals surface area contributed by atoms with Gasteiger partial charge in [0, 0.05) is 25.6 Å². The number of carbonyl (C=O) groups is 2. The predicted octanol–water partition coefficient (Wildman–Crippen LogP) is -0.312. The zero-order valence-electron chi connectivity index (χ0n) is 13.5. The summed E-state index contributed by atoms with van der Waals surface area (Å²) in [6.07, 6.45) is -0.445. The molecule has 134 valence electrons. The van der Waals surface area contributed by atoms with Crippen LogP contribution in [0.3, 0.4) is 0 Å². The molecule has 0 spiro atoms. The van der Waals surface area contributed by atoms with Crippen LogP contribution in [0.4, 0.5) is 0 Å². The molecule has 1 fully saturated rings. The van der Waals surface area contributed by atoms with Crippen LogP contribution in [0.15, 0.2) is 30.3 Å². The Kier molecular flexibility index (Phi) is 8.53. The number of nitrogens with one attached hydrogen (secondary N) is 3. The summed E-state index contributed by atoms with van der Waals surface area (Å²) >= 11 is 0. The minimum absolute atomic E-state index is 0. The van der Waals surface area contributed by atoms with Crippen molar-refractivity contribution < 1.29 is 19.4 Å². The van der Waals surface area contributed by atoms with Gasteiger partial charge in [-0.25, -0.2) is 0 Å². The number of aliphatic hydroxyl groups excluding tert-OH is 1. The second-order valence-corrected chi connectivity index (χ2v) is 5.62. The molecule has 0 radical (unpaired) electrons. The minimum Gasteiger partial charge on any atom is -0.484 e. The Morgan fingerprint density at radius 3 is 2.67 bits per heavy atom. The van der Waals surface area contributed by atoms with E-state index in [2.05, 4.69) is 16.0 Å². The number of amides is 2. The lowest BCUT2D eigenvalue weighted by molar-refractivity contribution is -0.129. The molecular formula is C16H24ClN3O4. The van der Waals surface area contributed by atoms with Gasteiger partial charge in [0.1, 0.15) is 11.8 Å². The van der Waals surface area contributed by atoms with E-state index < -0.39 is 12.1 Å². The fourth-order valence-corrected chi connectivity index (χ4v) is 2.33. The molecule has 0 bridgehead atoms. The van der Waals surface area contributed by atoms with E-state index >= 15 is 0 Å². The van der Waals surface area contributed by atoms with Gasteiger partial charge in [-0.2, -0.15) is 0 Å². The summed E-state index contributed by atoms with van der Waals surface area (Å²) in [6.45, 7) is 3.07. The van der Waals surface area contributed by atoms with Gasteiger partial charge in [0.15, 0.2) is 6.61 Å². The highest BCUT2D eigenvalue weighted by Crippen LogP contribution is 2.08. The molecule has 7 nitrogen and oxygen atoms in total. The zero-order chi connectivity index (χ0) is 16.7. The summed E-state index contributed by atoms with van der Waals surface area (Å²) in [5, 5.41) is 18.0. The first-order valence-corrected chi connectivity index (χ1v) is 7.70. The highest BCUT2D eigenvalue weighted by atomic mass is 35.5. The molecule has 1 aliphatic rings. The first kappa shape index (κ1) is 20.2. The van der Waals surface area contributed by atoms with Crippen molar-refractivity contribution in [3.8, 4) is 5.75 Å². The Labute approximate surface area is 147 Å². The van der Waals surface area contributed by atoms with Crippen molar-refractivity contribution in [2.24, 2.45) is 5.92 Å². The molecule has 4 N–H and O–H groups in total. The highest BCUT2D eigenvalue weighted by Gasteiger charge is 2.26. The van der Waals surface area contributed by atoms with E-state index in [1.54, 1.807) is 19.1 Å². The average molecular weight is 358 g/mol. The van der Waals surface area contributed by atoms with Gasteiger partial charge in [-0.1, -0.05) is 18.2 Å². The quantitative estimate of drug-likeness (QED) is 0.536. The van der Waals surface area contributed by atoms with Crippen molar-refractivity contribution >= 4 is 24.2 Å². The summed E-state index contributed by atoms with van der Waals surface area (Å²) in [7, 11) is 0. The largest absolute Gasteiger partial charge is 0.484 e. The number of benzene rings is 1. The number of carbonyl (C=O) groups excluding carboxylic acids is 2. The van der Waals surface area contributed by atoms with Crippen molar-refractivity contribution in [1.82, 2.24) is 16.0 Å². The molecule has 24 heavy (non-hydrogen) atoms. The predicted molar refractivity (Wildman–Crippen MR) is 92.2 cm³/mol. The summed E-state index contributed by atoms with van der Waals surface area (Å²) < 4.78 is 5.32. The molecule has 3 atom stereocenters. The van der Waals surface area contributed by atoms with Crippen LogP contribution in [-0.2, 0) is 9.59 Å². The van der Waals surface area contributed by atoms with Crippen molar-refractivity contribution in [3.63, 3.8) is 0 Å². The Balaban J connectivity index is 0.00000288. The Morgan fingerprint density at radius 1 is 1.33 bits per heavy atom. The smallest absolute Gasteiger partial charge is 0.258 e. The van der Waals surface area contributed by atoms with Gasteiger partial charge in [0.25, 0.3) is 5.91 Å². The summed E-state index contributed by atoms with van der Waals surface area (Å²) in [6, 6.07) is 8.34. The lowest BCUT2D eigenvalue weighted by Crippen LogP contribution is -2.48. The third-order valence-electron chi connectivity index (χ3n) is 3.73. The van der Waals surface area contributed by atoms with Crippen LogP contribution in [-0.4, -0.2) is 55.3 Å². The first-order chi connectivity index (χ1) is 11.1. The number of para-hydroxylation sites is 1. The summed E-state index contributed by atoms with van der Waals surface area (Å²) in [5.74, 6) is -0.0398. The zero-order valence-corrected chi connectivity index (χ0v) is 14.3. The summed E-state index contributed by atoms with van der Waals surface area (Å²) in [4.78, 5) is 23.7. The molecule has 1 aromatic rings. The Morgan fingerprint density at radius 2 is 2.04 bits per heavy atom.